The molecule has 5 heteroatoms. The Balaban J connectivity index is 1.05. The molecule has 0 fully saturated rings. The Hall–Kier alpha value is -7.50. The molecular weight excluding hydrogens is 719 g/mol. The second-order valence-corrected chi connectivity index (χ2v) is 15.2. The SMILES string of the molecule is C1=C(c2ccc(N(c3ccccc3)c3ccccc3)cc2)C2=C3B(c4ccccc4O2)c2ccccc2OC3C1c1ccc(N(c2ccccc2)c2ccccc2)cc1. The first kappa shape index (κ1) is 34.7. The van der Waals surface area contributed by atoms with Crippen molar-refractivity contribution in [2.24, 2.45) is 0 Å². The molecule has 4 nitrogen and oxygen atoms in total. The molecule has 0 bridgehead atoms. The molecule has 0 saturated heterocycles. The van der Waals surface area contributed by atoms with Gasteiger partial charge in [-0.05, 0) is 112 Å². The zero-order valence-corrected chi connectivity index (χ0v) is 32.3. The fraction of sp³-hybridized carbons (Fsp3) is 0.0370. The molecule has 8 aromatic rings. The maximum absolute atomic E-state index is 7.10. The summed E-state index contributed by atoms with van der Waals surface area (Å²) < 4.78 is 14.1. The number of rotatable bonds is 8. The predicted molar refractivity (Wildman–Crippen MR) is 243 cm³/mol. The second kappa shape index (κ2) is 14.8. The molecule has 8 aromatic carbocycles. The molecule has 0 N–H and O–H groups in total. The van der Waals surface area contributed by atoms with Crippen molar-refractivity contribution >= 4 is 57.3 Å². The number of anilines is 6. The lowest BCUT2D eigenvalue weighted by atomic mass is 9.32. The van der Waals surface area contributed by atoms with Gasteiger partial charge in [-0.25, -0.2) is 0 Å². The van der Waals surface area contributed by atoms with Gasteiger partial charge in [0.05, 0.1) is 0 Å². The van der Waals surface area contributed by atoms with Crippen LogP contribution in [0.25, 0.3) is 5.57 Å². The number of allylic oxidation sites excluding steroid dienone is 1. The molecule has 0 aromatic heterocycles. The van der Waals surface area contributed by atoms with Crippen LogP contribution in [0.3, 0.4) is 0 Å². The minimum absolute atomic E-state index is 0.00653. The third-order valence-corrected chi connectivity index (χ3v) is 11.8. The van der Waals surface area contributed by atoms with Crippen molar-refractivity contribution in [3.63, 3.8) is 0 Å². The highest BCUT2D eigenvalue weighted by Crippen LogP contribution is 2.48. The average Bonchev–Trinajstić information content (AvgIpc) is 3.31. The highest BCUT2D eigenvalue weighted by atomic mass is 16.5. The summed E-state index contributed by atoms with van der Waals surface area (Å²) in [4.78, 5) is 4.60. The number of nitrogens with zero attached hydrogens (tertiary/aromatic N) is 2. The van der Waals surface area contributed by atoms with Gasteiger partial charge in [0, 0.05) is 45.6 Å². The van der Waals surface area contributed by atoms with Crippen molar-refractivity contribution < 1.29 is 9.47 Å². The normalized spacial score (nSPS) is 16.1. The topological polar surface area (TPSA) is 24.9 Å². The highest BCUT2D eigenvalue weighted by molar-refractivity contribution is 6.93. The van der Waals surface area contributed by atoms with E-state index in [2.05, 4.69) is 234 Å². The van der Waals surface area contributed by atoms with Crippen LogP contribution in [0, 0.1) is 0 Å². The van der Waals surface area contributed by atoms with Gasteiger partial charge in [-0.1, -0.05) is 140 Å². The lowest BCUT2D eigenvalue weighted by Crippen LogP contribution is -2.57. The van der Waals surface area contributed by atoms with Crippen LogP contribution >= 0.6 is 0 Å². The first-order valence-corrected chi connectivity index (χ1v) is 20.3. The Morgan fingerprint density at radius 2 is 0.797 bits per heavy atom. The Morgan fingerprint density at radius 3 is 1.31 bits per heavy atom. The van der Waals surface area contributed by atoms with Crippen molar-refractivity contribution in [1.29, 1.82) is 0 Å². The number of hydrogen-bond donors (Lipinski definition) is 0. The van der Waals surface area contributed by atoms with Crippen molar-refractivity contribution in [1.82, 2.24) is 0 Å². The van der Waals surface area contributed by atoms with Crippen LogP contribution in [-0.2, 0) is 0 Å². The predicted octanol–water partition coefficient (Wildman–Crippen LogP) is 12.1. The summed E-state index contributed by atoms with van der Waals surface area (Å²) in [6.07, 6.45) is 2.11. The third-order valence-electron chi connectivity index (χ3n) is 11.8. The molecule has 59 heavy (non-hydrogen) atoms. The van der Waals surface area contributed by atoms with E-state index in [1.807, 2.05) is 0 Å². The van der Waals surface area contributed by atoms with Gasteiger partial charge in [0.15, 0.2) is 0 Å². The van der Waals surface area contributed by atoms with Crippen LogP contribution in [0.5, 0.6) is 11.5 Å². The molecule has 0 saturated carbocycles. The smallest absolute Gasteiger partial charge is 0.255 e. The van der Waals surface area contributed by atoms with Crippen LogP contribution in [0.4, 0.5) is 34.1 Å². The van der Waals surface area contributed by atoms with E-state index in [1.54, 1.807) is 0 Å². The lowest BCUT2D eigenvalue weighted by molar-refractivity contribution is 0.217. The van der Waals surface area contributed by atoms with Gasteiger partial charge in [-0.15, -0.1) is 0 Å². The summed E-state index contributed by atoms with van der Waals surface area (Å²) in [5.41, 5.74) is 13.4. The molecule has 280 valence electrons. The molecule has 2 unspecified atom stereocenters. The van der Waals surface area contributed by atoms with Crippen LogP contribution in [-0.4, -0.2) is 12.8 Å². The van der Waals surface area contributed by atoms with E-state index < -0.39 is 0 Å². The van der Waals surface area contributed by atoms with Gasteiger partial charge in [0.25, 0.3) is 6.71 Å². The Kier molecular flexibility index (Phi) is 8.70. The highest BCUT2D eigenvalue weighted by Gasteiger charge is 2.49. The summed E-state index contributed by atoms with van der Waals surface area (Å²) in [6.45, 7) is -0.00653. The van der Waals surface area contributed by atoms with Gasteiger partial charge in [0.1, 0.15) is 23.4 Å². The number of ether oxygens (including phenoxy) is 2. The Labute approximate surface area is 345 Å². The summed E-state index contributed by atoms with van der Waals surface area (Å²) in [5, 5.41) is 0. The average molecular weight is 759 g/mol. The van der Waals surface area contributed by atoms with Gasteiger partial charge in [-0.3, -0.25) is 0 Å². The lowest BCUT2D eigenvalue weighted by Gasteiger charge is -2.44. The fourth-order valence-corrected chi connectivity index (χ4v) is 9.09. The van der Waals surface area contributed by atoms with E-state index in [1.165, 1.54) is 22.0 Å². The fourth-order valence-electron chi connectivity index (χ4n) is 9.09. The van der Waals surface area contributed by atoms with E-state index in [0.717, 1.165) is 62.5 Å². The Bertz CT molecular complexity index is 2750. The molecule has 1 aliphatic carbocycles. The molecule has 0 amide bonds. The maximum Gasteiger partial charge on any atom is 0.255 e. The minimum Gasteiger partial charge on any atom is -0.486 e. The third kappa shape index (κ3) is 6.19. The molecule has 2 aliphatic heterocycles. The van der Waals surface area contributed by atoms with Crippen LogP contribution < -0.4 is 30.2 Å². The van der Waals surface area contributed by atoms with E-state index in [4.69, 9.17) is 9.47 Å². The molecule has 3 aliphatic rings. The summed E-state index contributed by atoms with van der Waals surface area (Å²) >= 11 is 0. The number of para-hydroxylation sites is 6. The van der Waals surface area contributed by atoms with Crippen LogP contribution in [0.2, 0.25) is 0 Å². The first-order valence-electron chi connectivity index (χ1n) is 20.3. The zero-order chi connectivity index (χ0) is 39.1. The largest absolute Gasteiger partial charge is 0.486 e. The van der Waals surface area contributed by atoms with E-state index in [-0.39, 0.29) is 18.7 Å². The van der Waals surface area contributed by atoms with Crippen LogP contribution in [0.15, 0.2) is 236 Å². The van der Waals surface area contributed by atoms with Gasteiger partial charge >= 0.3 is 0 Å². The summed E-state index contributed by atoms with van der Waals surface area (Å²) in [7, 11) is 0. The molecular formula is C54H39BN2O2. The van der Waals surface area contributed by atoms with Crippen molar-refractivity contribution in [2.75, 3.05) is 9.80 Å². The molecule has 11 rings (SSSR count). The standard InChI is InChI=1S/C54H39BN2O2/c1-5-17-40(18-6-1)56(41-19-7-2-8-20-41)44-33-29-38(30-34-44)46-37-47(39-31-35-45(36-32-39)57(42-21-9-3-10-22-42)43-23-11-4-12-24-43)54-52-53(46)58-50-27-15-13-25-48(50)55(52)49-26-14-16-28-51(49)59-54/h1-37,46,53H. The van der Waals surface area contributed by atoms with Gasteiger partial charge in [0.2, 0.25) is 0 Å². The summed E-state index contributed by atoms with van der Waals surface area (Å²) in [6, 6.07) is 77.1. The molecule has 0 spiro atoms. The van der Waals surface area contributed by atoms with Crippen molar-refractivity contribution in [2.45, 2.75) is 12.0 Å². The number of benzene rings is 8. The Morgan fingerprint density at radius 1 is 0.390 bits per heavy atom. The van der Waals surface area contributed by atoms with E-state index in [9.17, 15) is 0 Å². The minimum atomic E-state index is -0.266. The molecule has 2 heterocycles. The second-order valence-electron chi connectivity index (χ2n) is 15.2. The van der Waals surface area contributed by atoms with E-state index >= 15 is 0 Å². The first-order chi connectivity index (χ1) is 29.3. The van der Waals surface area contributed by atoms with Gasteiger partial charge in [-0.2, -0.15) is 0 Å². The monoisotopic (exact) mass is 758 g/mol. The number of hydrogen-bond acceptors (Lipinski definition) is 4. The quantitative estimate of drug-likeness (QED) is 0.144. The maximum atomic E-state index is 7.10. The zero-order valence-electron chi connectivity index (χ0n) is 32.3. The van der Waals surface area contributed by atoms with Crippen molar-refractivity contribution in [3.05, 3.63) is 247 Å². The molecule has 2 atom stereocenters. The number of fused-ring (bicyclic) bond motifs is 4. The van der Waals surface area contributed by atoms with Crippen molar-refractivity contribution in [3.8, 4) is 11.5 Å². The molecule has 0 radical (unpaired) electrons. The van der Waals surface area contributed by atoms with Crippen LogP contribution in [0.1, 0.15) is 17.0 Å². The summed E-state index contributed by atoms with van der Waals surface area (Å²) in [5.74, 6) is 2.61. The van der Waals surface area contributed by atoms with E-state index in [0.29, 0.717) is 0 Å². The van der Waals surface area contributed by atoms with Gasteiger partial charge < -0.3 is 19.3 Å².